The number of benzene rings is 1. The number of carbonyl (C=O) groups excluding carboxylic acids is 6. The lowest BCUT2D eigenvalue weighted by Crippen LogP contribution is -2.63. The van der Waals surface area contributed by atoms with Crippen LogP contribution in [0.5, 0.6) is 0 Å². The molecule has 23 heteroatoms. The SMILES string of the molecule is CC(=O)OCC1O[C@@H](SC2O[C@H](COC(C)=O)C(OC(C)=O)C(OCc3cc4c(F)c(F)ccc4oc3=O)[C@H]2OC(C)=O)[C@@H](OC(C)=O)C(N=[N+]=[N-])[C@H]1OC(C)=O. The number of hydrogen-bond acceptors (Lipinski definition) is 19. The van der Waals surface area contributed by atoms with E-state index < -0.39 is 138 Å². The van der Waals surface area contributed by atoms with Crippen molar-refractivity contribution in [1.29, 1.82) is 0 Å². The zero-order valence-corrected chi connectivity index (χ0v) is 31.9. The molecule has 1 aromatic heterocycles. The Balaban J connectivity index is 1.83. The standard InChI is InChI=1S/C34H37F2N3O17S/c1-13(40)47-11-23-27(50-15(3)42)26(38-39-37)29(52-17(5)44)33(55-23)57-34-31(53-18(6)45)30(28(51-16(4)43)24(56-34)12-48-14(2)41)49-10-19-9-20-22(54-32(19)46)8-7-21(35)25(20)36/h7-9,23-24,26-31,33-34H,10-12H2,1-6H3/t23?,24-,26?,27+,28?,29+,30?,31-,33+,34?/m1/s1. The minimum Gasteiger partial charge on any atom is -0.463 e. The van der Waals surface area contributed by atoms with Gasteiger partial charge in [0.05, 0.1) is 17.6 Å². The molecule has 0 aliphatic carbocycles. The fraction of sp³-hybridized carbons (Fsp3) is 0.559. The molecular weight excluding hydrogens is 792 g/mol. The Morgan fingerprint density at radius 3 is 1.79 bits per heavy atom. The molecule has 0 spiro atoms. The molecule has 2 aromatic rings. The third-order valence-corrected chi connectivity index (χ3v) is 9.37. The number of hydrogen-bond donors (Lipinski definition) is 0. The van der Waals surface area contributed by atoms with Gasteiger partial charge in [0.25, 0.3) is 0 Å². The van der Waals surface area contributed by atoms with Gasteiger partial charge in [-0.05, 0) is 23.7 Å². The van der Waals surface area contributed by atoms with Gasteiger partial charge in [0.15, 0.2) is 23.8 Å². The van der Waals surface area contributed by atoms with Crippen LogP contribution in [0.2, 0.25) is 0 Å². The lowest BCUT2D eigenvalue weighted by atomic mass is 9.97. The fourth-order valence-corrected chi connectivity index (χ4v) is 7.35. The van der Waals surface area contributed by atoms with Gasteiger partial charge in [-0.25, -0.2) is 13.6 Å². The fourth-order valence-electron chi connectivity index (χ4n) is 5.93. The molecule has 4 rings (SSSR count). The zero-order chi connectivity index (χ0) is 42.1. The van der Waals surface area contributed by atoms with Gasteiger partial charge >= 0.3 is 41.4 Å². The van der Waals surface area contributed by atoms with Crippen LogP contribution in [0.1, 0.15) is 47.1 Å². The first kappa shape index (κ1) is 44.4. The van der Waals surface area contributed by atoms with Crippen molar-refractivity contribution in [2.45, 2.75) is 108 Å². The van der Waals surface area contributed by atoms with Gasteiger partial charge in [-0.1, -0.05) is 16.9 Å². The lowest BCUT2D eigenvalue weighted by molar-refractivity contribution is -0.242. The van der Waals surface area contributed by atoms with E-state index >= 15 is 0 Å². The highest BCUT2D eigenvalue weighted by Crippen LogP contribution is 2.42. The number of azide groups is 1. The Hall–Kier alpha value is -5.35. The molecule has 1 aromatic carbocycles. The van der Waals surface area contributed by atoms with Crippen molar-refractivity contribution in [3.63, 3.8) is 0 Å². The summed E-state index contributed by atoms with van der Waals surface area (Å²) in [5, 5.41) is 3.29. The Kier molecular flexibility index (Phi) is 15.3. The molecule has 3 heterocycles. The Bertz CT molecular complexity index is 1980. The van der Waals surface area contributed by atoms with E-state index in [1.54, 1.807) is 0 Å². The van der Waals surface area contributed by atoms with Crippen LogP contribution in [-0.2, 0) is 78.0 Å². The second-order valence-corrected chi connectivity index (χ2v) is 13.6. The van der Waals surface area contributed by atoms with Crippen LogP contribution < -0.4 is 5.63 Å². The van der Waals surface area contributed by atoms with Crippen LogP contribution in [0, 0.1) is 11.6 Å². The molecule has 2 aliphatic heterocycles. The monoisotopic (exact) mass is 829 g/mol. The van der Waals surface area contributed by atoms with Gasteiger partial charge in [-0.3, -0.25) is 28.8 Å². The third-order valence-electron chi connectivity index (χ3n) is 8.08. The molecule has 2 aliphatic rings. The highest BCUT2D eigenvalue weighted by Gasteiger charge is 2.56. The van der Waals surface area contributed by atoms with E-state index in [2.05, 4.69) is 10.0 Å². The number of nitrogens with zero attached hydrogens (tertiary/aromatic N) is 3. The van der Waals surface area contributed by atoms with Crippen LogP contribution in [0.4, 0.5) is 8.78 Å². The highest BCUT2D eigenvalue weighted by atomic mass is 32.2. The van der Waals surface area contributed by atoms with Gasteiger partial charge in [0.1, 0.15) is 66.2 Å². The van der Waals surface area contributed by atoms with Crippen molar-refractivity contribution in [3.8, 4) is 0 Å². The van der Waals surface area contributed by atoms with Gasteiger partial charge in [0.2, 0.25) is 0 Å². The average Bonchev–Trinajstić information content (AvgIpc) is 3.11. The molecule has 0 saturated carbocycles. The van der Waals surface area contributed by atoms with E-state index in [0.717, 1.165) is 59.7 Å². The number of ether oxygens (including phenoxy) is 9. The van der Waals surface area contributed by atoms with Crippen molar-refractivity contribution in [2.75, 3.05) is 13.2 Å². The molecule has 2 saturated heterocycles. The summed E-state index contributed by atoms with van der Waals surface area (Å²) in [6, 6.07) is 1.25. The van der Waals surface area contributed by atoms with Crippen LogP contribution in [0.15, 0.2) is 32.5 Å². The second kappa shape index (κ2) is 19.7. The van der Waals surface area contributed by atoms with E-state index in [0.29, 0.717) is 11.8 Å². The quantitative estimate of drug-likeness (QED) is 0.0661. The maximum atomic E-state index is 14.7. The first-order valence-electron chi connectivity index (χ1n) is 16.9. The normalized spacial score (nSPS) is 26.9. The molecule has 2 fully saturated rings. The molecular formula is C34H37F2N3O17S. The third kappa shape index (κ3) is 11.6. The molecule has 310 valence electrons. The van der Waals surface area contributed by atoms with E-state index in [1.807, 2.05) is 0 Å². The molecule has 0 N–H and O–H groups in total. The molecule has 0 bridgehead atoms. The summed E-state index contributed by atoms with van der Waals surface area (Å²) < 4.78 is 84.7. The summed E-state index contributed by atoms with van der Waals surface area (Å²) in [5.41, 5.74) is 4.82. The number of halogens is 2. The molecule has 57 heavy (non-hydrogen) atoms. The van der Waals surface area contributed by atoms with E-state index in [-0.39, 0.29) is 11.1 Å². The summed E-state index contributed by atoms with van der Waals surface area (Å²) in [4.78, 5) is 89.1. The smallest absolute Gasteiger partial charge is 0.341 e. The topological polar surface area (TPSA) is 264 Å². The number of esters is 6. The van der Waals surface area contributed by atoms with Gasteiger partial charge < -0.3 is 47.0 Å². The summed E-state index contributed by atoms with van der Waals surface area (Å²) in [7, 11) is 0. The molecule has 10 atom stereocenters. The van der Waals surface area contributed by atoms with E-state index in [1.165, 1.54) is 0 Å². The van der Waals surface area contributed by atoms with Crippen LogP contribution in [-0.4, -0.2) is 109 Å². The number of carbonyl (C=O) groups is 6. The van der Waals surface area contributed by atoms with Crippen molar-refractivity contribution in [3.05, 3.63) is 56.3 Å². The summed E-state index contributed by atoms with van der Waals surface area (Å²) in [5.74, 6) is -7.76. The van der Waals surface area contributed by atoms with Gasteiger partial charge in [-0.15, -0.1) is 0 Å². The Morgan fingerprint density at radius 2 is 1.25 bits per heavy atom. The molecule has 0 amide bonds. The van der Waals surface area contributed by atoms with Crippen molar-refractivity contribution in [2.24, 2.45) is 5.11 Å². The summed E-state index contributed by atoms with van der Waals surface area (Å²) >= 11 is 0.628. The van der Waals surface area contributed by atoms with Crippen LogP contribution in [0.25, 0.3) is 21.4 Å². The lowest BCUT2D eigenvalue weighted by Gasteiger charge is -2.48. The van der Waals surface area contributed by atoms with E-state index in [4.69, 9.17) is 47.0 Å². The Labute approximate surface area is 325 Å². The summed E-state index contributed by atoms with van der Waals surface area (Å²) in [6.07, 6.45) is -10.7. The van der Waals surface area contributed by atoms with Gasteiger partial charge in [-0.2, -0.15) is 0 Å². The molecule has 0 radical (unpaired) electrons. The first-order valence-corrected chi connectivity index (χ1v) is 17.8. The molecule has 5 unspecified atom stereocenters. The minimum atomic E-state index is -1.65. The van der Waals surface area contributed by atoms with Crippen LogP contribution >= 0.6 is 11.8 Å². The van der Waals surface area contributed by atoms with Crippen molar-refractivity contribution in [1.82, 2.24) is 0 Å². The number of fused-ring (bicyclic) bond motifs is 1. The second-order valence-electron chi connectivity index (χ2n) is 12.4. The average molecular weight is 830 g/mol. The predicted molar refractivity (Wildman–Crippen MR) is 184 cm³/mol. The van der Waals surface area contributed by atoms with Crippen molar-refractivity contribution >= 4 is 58.5 Å². The Morgan fingerprint density at radius 1 is 0.737 bits per heavy atom. The maximum Gasteiger partial charge on any atom is 0.341 e. The highest BCUT2D eigenvalue weighted by molar-refractivity contribution is 8.00. The maximum absolute atomic E-state index is 14.7. The van der Waals surface area contributed by atoms with Gasteiger partial charge in [0, 0.05) is 46.5 Å². The largest absolute Gasteiger partial charge is 0.463 e. The van der Waals surface area contributed by atoms with Crippen molar-refractivity contribution < 1.29 is 84.6 Å². The number of thioether (sulfide) groups is 1. The minimum absolute atomic E-state index is 0.279. The predicted octanol–water partition coefficient (Wildman–Crippen LogP) is 2.67. The first-order chi connectivity index (χ1) is 26.9. The number of rotatable bonds is 14. The van der Waals surface area contributed by atoms with Crippen LogP contribution in [0.3, 0.4) is 0 Å². The zero-order valence-electron chi connectivity index (χ0n) is 31.1. The molecule has 20 nitrogen and oxygen atoms in total. The summed E-state index contributed by atoms with van der Waals surface area (Å²) in [6.45, 7) is 4.32. The van der Waals surface area contributed by atoms with E-state index in [9.17, 15) is 47.9 Å².